The van der Waals surface area contributed by atoms with Gasteiger partial charge in [0.15, 0.2) is 9.84 Å². The highest BCUT2D eigenvalue weighted by Gasteiger charge is 2.26. The molecule has 1 unspecified atom stereocenters. The monoisotopic (exact) mass is 227 g/mol. The Kier molecular flexibility index (Phi) is 2.65. The molecule has 0 amide bonds. The molecule has 2 rings (SSSR count). The van der Waals surface area contributed by atoms with Crippen molar-refractivity contribution in [3.8, 4) is 0 Å². The smallest absolute Gasteiger partial charge is 0.152 e. The van der Waals surface area contributed by atoms with E-state index in [9.17, 15) is 8.42 Å². The molecule has 1 fully saturated rings. The van der Waals surface area contributed by atoms with E-state index in [2.05, 4.69) is 4.99 Å². The Morgan fingerprint density at radius 2 is 2.33 bits per heavy atom. The molecule has 1 aliphatic heterocycles. The molecule has 0 aliphatic carbocycles. The van der Waals surface area contributed by atoms with E-state index < -0.39 is 9.84 Å². The average Bonchev–Trinajstić information content (AvgIpc) is 2.69. The van der Waals surface area contributed by atoms with E-state index in [4.69, 9.17) is 4.42 Å². The van der Waals surface area contributed by atoms with Crippen LogP contribution >= 0.6 is 0 Å². The van der Waals surface area contributed by atoms with Gasteiger partial charge in [0.05, 0.1) is 23.8 Å². The quantitative estimate of drug-likeness (QED) is 0.713. The molecule has 1 atom stereocenters. The van der Waals surface area contributed by atoms with Crippen LogP contribution in [0.3, 0.4) is 0 Å². The van der Waals surface area contributed by atoms with Gasteiger partial charge in [-0.2, -0.15) is 0 Å². The van der Waals surface area contributed by atoms with Crippen molar-refractivity contribution in [2.24, 2.45) is 4.99 Å². The van der Waals surface area contributed by atoms with Gasteiger partial charge in [0.2, 0.25) is 0 Å². The first-order valence-corrected chi connectivity index (χ1v) is 6.67. The van der Waals surface area contributed by atoms with Crippen LogP contribution in [0.1, 0.15) is 17.9 Å². The largest absolute Gasteiger partial charge is 0.460 e. The highest BCUT2D eigenvalue weighted by atomic mass is 32.2. The number of hydrogen-bond donors (Lipinski definition) is 0. The lowest BCUT2D eigenvalue weighted by Gasteiger charge is -1.97. The number of rotatable bonds is 2. The number of aliphatic imine (C=N–C) groups is 1. The fraction of sp³-hybridized carbons (Fsp3) is 0.500. The van der Waals surface area contributed by atoms with Crippen LogP contribution in [0, 0.1) is 6.92 Å². The summed E-state index contributed by atoms with van der Waals surface area (Å²) in [5.74, 6) is 1.93. The highest BCUT2D eigenvalue weighted by Crippen LogP contribution is 2.14. The summed E-state index contributed by atoms with van der Waals surface area (Å²) in [6.07, 6.45) is 2.23. The minimum absolute atomic E-state index is 0.0968. The molecule has 82 valence electrons. The number of furan rings is 1. The maximum Gasteiger partial charge on any atom is 0.152 e. The molecule has 1 aromatic rings. The minimum atomic E-state index is -2.84. The van der Waals surface area contributed by atoms with Crippen LogP contribution in [-0.4, -0.2) is 32.2 Å². The predicted octanol–water partition coefficient (Wildman–Crippen LogP) is 1.19. The predicted molar refractivity (Wildman–Crippen MR) is 58.1 cm³/mol. The molecule has 2 heterocycles. The Balaban J connectivity index is 2.01. The van der Waals surface area contributed by atoms with Gasteiger partial charge in [-0.25, -0.2) is 8.42 Å². The summed E-state index contributed by atoms with van der Waals surface area (Å²) in [4.78, 5) is 4.20. The van der Waals surface area contributed by atoms with E-state index in [1.165, 1.54) is 0 Å². The molecule has 4 nitrogen and oxygen atoms in total. The molecule has 0 N–H and O–H groups in total. The molecule has 1 aromatic heterocycles. The lowest BCUT2D eigenvalue weighted by molar-refractivity contribution is 0.527. The molecular formula is C10H13NO3S. The maximum absolute atomic E-state index is 11.2. The van der Waals surface area contributed by atoms with Crippen LogP contribution in [-0.2, 0) is 9.84 Å². The van der Waals surface area contributed by atoms with Crippen LogP contribution in [0.25, 0.3) is 0 Å². The van der Waals surface area contributed by atoms with Crippen LogP contribution < -0.4 is 0 Å². The van der Waals surface area contributed by atoms with Crippen molar-refractivity contribution in [2.45, 2.75) is 19.4 Å². The SMILES string of the molecule is Cc1ccc(C=NC2CCS(=O)(=O)C2)o1. The fourth-order valence-electron chi connectivity index (χ4n) is 1.59. The second-order valence-electron chi connectivity index (χ2n) is 3.78. The van der Waals surface area contributed by atoms with Gasteiger partial charge in [0.1, 0.15) is 11.5 Å². The number of aryl methyl sites for hydroxylation is 1. The van der Waals surface area contributed by atoms with Crippen LogP contribution in [0.15, 0.2) is 21.5 Å². The molecule has 1 saturated heterocycles. The van der Waals surface area contributed by atoms with Crippen LogP contribution in [0.4, 0.5) is 0 Å². The first-order valence-electron chi connectivity index (χ1n) is 4.85. The van der Waals surface area contributed by atoms with Gasteiger partial charge in [-0.3, -0.25) is 4.99 Å². The van der Waals surface area contributed by atoms with Gasteiger partial charge in [0, 0.05) is 0 Å². The first kappa shape index (κ1) is 10.4. The zero-order valence-corrected chi connectivity index (χ0v) is 9.33. The second-order valence-corrected chi connectivity index (χ2v) is 6.01. The van der Waals surface area contributed by atoms with E-state index in [0.29, 0.717) is 12.2 Å². The lowest BCUT2D eigenvalue weighted by atomic mass is 10.3. The topological polar surface area (TPSA) is 59.6 Å². The van der Waals surface area contributed by atoms with Crippen molar-refractivity contribution >= 4 is 16.1 Å². The third-order valence-corrected chi connectivity index (χ3v) is 4.13. The van der Waals surface area contributed by atoms with E-state index >= 15 is 0 Å². The van der Waals surface area contributed by atoms with E-state index in [1.54, 1.807) is 6.21 Å². The normalized spacial score (nSPS) is 25.0. The Hall–Kier alpha value is -1.10. The van der Waals surface area contributed by atoms with Gasteiger partial charge in [0.25, 0.3) is 0 Å². The molecule has 15 heavy (non-hydrogen) atoms. The summed E-state index contributed by atoms with van der Waals surface area (Å²) >= 11 is 0. The second kappa shape index (κ2) is 3.81. The standard InChI is InChI=1S/C10H13NO3S/c1-8-2-3-10(14-8)6-11-9-4-5-15(12,13)7-9/h2-3,6,9H,4-5,7H2,1H3. The van der Waals surface area contributed by atoms with Crippen molar-refractivity contribution in [1.29, 1.82) is 0 Å². The third-order valence-electron chi connectivity index (χ3n) is 2.38. The first-order chi connectivity index (χ1) is 7.05. The number of sulfone groups is 1. The van der Waals surface area contributed by atoms with Gasteiger partial charge in [-0.05, 0) is 25.5 Å². The van der Waals surface area contributed by atoms with Gasteiger partial charge >= 0.3 is 0 Å². The van der Waals surface area contributed by atoms with Gasteiger partial charge in [-0.15, -0.1) is 0 Å². The zero-order valence-electron chi connectivity index (χ0n) is 8.51. The third kappa shape index (κ3) is 2.68. The molecule has 0 radical (unpaired) electrons. The van der Waals surface area contributed by atoms with Crippen LogP contribution in [0.2, 0.25) is 0 Å². The summed E-state index contributed by atoms with van der Waals surface area (Å²) in [7, 11) is -2.84. The minimum Gasteiger partial charge on any atom is -0.460 e. The molecule has 0 aromatic carbocycles. The highest BCUT2D eigenvalue weighted by molar-refractivity contribution is 7.91. The van der Waals surface area contributed by atoms with Crippen molar-refractivity contribution in [3.05, 3.63) is 23.7 Å². The fourth-order valence-corrected chi connectivity index (χ4v) is 3.23. The summed E-state index contributed by atoms with van der Waals surface area (Å²) in [6.45, 7) is 1.86. The van der Waals surface area contributed by atoms with E-state index in [1.807, 2.05) is 19.1 Å². The lowest BCUT2D eigenvalue weighted by Crippen LogP contribution is -2.07. The maximum atomic E-state index is 11.2. The Labute approximate surface area is 88.9 Å². The van der Waals surface area contributed by atoms with Crippen LogP contribution in [0.5, 0.6) is 0 Å². The summed E-state index contributed by atoms with van der Waals surface area (Å²) in [5, 5.41) is 0. The van der Waals surface area contributed by atoms with Crippen molar-refractivity contribution < 1.29 is 12.8 Å². The summed E-state index contributed by atoms with van der Waals surface area (Å²) < 4.78 is 27.6. The number of hydrogen-bond acceptors (Lipinski definition) is 4. The molecule has 0 saturated carbocycles. The Bertz CT molecular complexity index is 473. The van der Waals surface area contributed by atoms with E-state index in [-0.39, 0.29) is 17.5 Å². The zero-order chi connectivity index (χ0) is 10.9. The number of nitrogens with zero attached hydrogens (tertiary/aromatic N) is 1. The Morgan fingerprint density at radius 1 is 1.53 bits per heavy atom. The van der Waals surface area contributed by atoms with Crippen molar-refractivity contribution in [1.82, 2.24) is 0 Å². The van der Waals surface area contributed by atoms with E-state index in [0.717, 1.165) is 5.76 Å². The van der Waals surface area contributed by atoms with Crippen molar-refractivity contribution in [3.63, 3.8) is 0 Å². The Morgan fingerprint density at radius 3 is 2.87 bits per heavy atom. The van der Waals surface area contributed by atoms with Gasteiger partial charge in [-0.1, -0.05) is 0 Å². The van der Waals surface area contributed by atoms with Gasteiger partial charge < -0.3 is 4.42 Å². The summed E-state index contributed by atoms with van der Waals surface area (Å²) in [5.41, 5.74) is 0. The van der Waals surface area contributed by atoms with Crippen molar-refractivity contribution in [2.75, 3.05) is 11.5 Å². The molecule has 0 spiro atoms. The average molecular weight is 227 g/mol. The molecular weight excluding hydrogens is 214 g/mol. The molecule has 5 heteroatoms. The molecule has 1 aliphatic rings. The molecule has 0 bridgehead atoms. The summed E-state index contributed by atoms with van der Waals surface area (Å²) in [6, 6.07) is 3.58.